The van der Waals surface area contributed by atoms with E-state index in [1.807, 2.05) is 12.1 Å². The van der Waals surface area contributed by atoms with Crippen LogP contribution < -0.4 is 4.74 Å². The predicted molar refractivity (Wildman–Crippen MR) is 185 cm³/mol. The molecule has 2 aliphatic rings. The van der Waals surface area contributed by atoms with Crippen LogP contribution in [0.1, 0.15) is 25.0 Å². The monoisotopic (exact) mass is 576 g/mol. The Morgan fingerprint density at radius 1 is 0.422 bits per heavy atom. The lowest BCUT2D eigenvalue weighted by Gasteiger charge is -2.24. The van der Waals surface area contributed by atoms with Gasteiger partial charge in [-0.3, -0.25) is 0 Å². The largest absolute Gasteiger partial charge is 0.456 e. The third-order valence-electron chi connectivity index (χ3n) is 10.1. The van der Waals surface area contributed by atoms with Crippen molar-refractivity contribution in [1.29, 1.82) is 0 Å². The quantitative estimate of drug-likeness (QED) is 0.204. The molecule has 2 heterocycles. The molecule has 10 rings (SSSR count). The minimum absolute atomic E-state index is 0.0457. The summed E-state index contributed by atoms with van der Waals surface area (Å²) in [5, 5.41) is 4.65. The van der Waals surface area contributed by atoms with E-state index in [-0.39, 0.29) is 5.41 Å². The van der Waals surface area contributed by atoms with Gasteiger partial charge in [0, 0.05) is 27.1 Å². The van der Waals surface area contributed by atoms with E-state index in [0.29, 0.717) is 0 Å². The van der Waals surface area contributed by atoms with Crippen molar-refractivity contribution in [3.05, 3.63) is 145 Å². The number of benzene rings is 7. The molecule has 0 spiro atoms. The average Bonchev–Trinajstić information content (AvgIpc) is 3.57. The van der Waals surface area contributed by atoms with E-state index in [2.05, 4.69) is 135 Å². The van der Waals surface area contributed by atoms with E-state index in [1.54, 1.807) is 0 Å². The Hall–Kier alpha value is -5.60. The van der Waals surface area contributed by atoms with E-state index >= 15 is 0 Å². The lowest BCUT2D eigenvalue weighted by Crippen LogP contribution is -2.14. The number of ether oxygens (including phenoxy) is 1. The van der Waals surface area contributed by atoms with Crippen molar-refractivity contribution in [3.8, 4) is 56.0 Å². The SMILES string of the molecule is CC1(C)c2ccccc2-c2ccc(-c3ccc4c5c(cccc35)-c3cc(-c5cccc6oc7ccccc7c56)ccc3O4)cc21. The van der Waals surface area contributed by atoms with Crippen molar-refractivity contribution in [2.24, 2.45) is 0 Å². The highest BCUT2D eigenvalue weighted by molar-refractivity contribution is 6.14. The lowest BCUT2D eigenvalue weighted by atomic mass is 9.81. The van der Waals surface area contributed by atoms with Crippen molar-refractivity contribution in [3.63, 3.8) is 0 Å². The summed E-state index contributed by atoms with van der Waals surface area (Å²) >= 11 is 0. The Labute approximate surface area is 261 Å². The van der Waals surface area contributed by atoms with E-state index in [4.69, 9.17) is 9.15 Å². The molecule has 0 bridgehead atoms. The van der Waals surface area contributed by atoms with E-state index in [1.165, 1.54) is 44.3 Å². The number of para-hydroxylation sites is 1. The van der Waals surface area contributed by atoms with Gasteiger partial charge in [-0.15, -0.1) is 0 Å². The molecule has 1 aliphatic heterocycles. The Morgan fingerprint density at radius 3 is 2.04 bits per heavy atom. The molecule has 2 heteroatoms. The van der Waals surface area contributed by atoms with Crippen LogP contribution in [-0.4, -0.2) is 0 Å². The first-order valence-corrected chi connectivity index (χ1v) is 15.6. The van der Waals surface area contributed by atoms with Crippen LogP contribution in [0.5, 0.6) is 11.5 Å². The number of hydrogen-bond donors (Lipinski definition) is 0. The Bertz CT molecular complexity index is 2550. The maximum absolute atomic E-state index is 6.60. The van der Waals surface area contributed by atoms with Crippen LogP contribution >= 0.6 is 0 Å². The molecule has 7 aromatic carbocycles. The van der Waals surface area contributed by atoms with Crippen LogP contribution in [0.4, 0.5) is 0 Å². The highest BCUT2D eigenvalue weighted by Crippen LogP contribution is 2.52. The second-order valence-corrected chi connectivity index (χ2v) is 12.9. The van der Waals surface area contributed by atoms with Crippen LogP contribution in [-0.2, 0) is 5.41 Å². The Balaban J connectivity index is 1.15. The van der Waals surface area contributed by atoms with E-state index in [9.17, 15) is 0 Å². The zero-order valence-corrected chi connectivity index (χ0v) is 25.0. The fraction of sp³-hybridized carbons (Fsp3) is 0.0698. The fourth-order valence-electron chi connectivity index (χ4n) is 7.94. The molecule has 0 atom stereocenters. The van der Waals surface area contributed by atoms with Gasteiger partial charge in [0.25, 0.3) is 0 Å². The number of fused-ring (bicyclic) bond motifs is 8. The Morgan fingerprint density at radius 2 is 1.09 bits per heavy atom. The number of rotatable bonds is 2. The second kappa shape index (κ2) is 8.74. The molecule has 2 nitrogen and oxygen atoms in total. The van der Waals surface area contributed by atoms with Crippen LogP contribution in [0.15, 0.2) is 138 Å². The zero-order valence-electron chi connectivity index (χ0n) is 25.0. The molecule has 0 unspecified atom stereocenters. The van der Waals surface area contributed by atoms with Crippen LogP contribution in [0.2, 0.25) is 0 Å². The number of hydrogen-bond acceptors (Lipinski definition) is 2. The van der Waals surface area contributed by atoms with E-state index in [0.717, 1.165) is 55.5 Å². The molecule has 8 aromatic rings. The molecule has 1 aromatic heterocycles. The third kappa shape index (κ3) is 3.34. The van der Waals surface area contributed by atoms with Gasteiger partial charge in [0.1, 0.15) is 22.7 Å². The summed E-state index contributed by atoms with van der Waals surface area (Å²) in [6.45, 7) is 4.68. The summed E-state index contributed by atoms with van der Waals surface area (Å²) in [6.07, 6.45) is 0. The van der Waals surface area contributed by atoms with Gasteiger partial charge in [-0.05, 0) is 91.9 Å². The van der Waals surface area contributed by atoms with Crippen molar-refractivity contribution >= 4 is 32.7 Å². The smallest absolute Gasteiger partial charge is 0.136 e. The van der Waals surface area contributed by atoms with Crippen molar-refractivity contribution in [2.75, 3.05) is 0 Å². The molecule has 0 radical (unpaired) electrons. The first-order valence-electron chi connectivity index (χ1n) is 15.6. The van der Waals surface area contributed by atoms with E-state index < -0.39 is 0 Å². The highest BCUT2D eigenvalue weighted by Gasteiger charge is 2.35. The molecule has 0 saturated heterocycles. The molecule has 45 heavy (non-hydrogen) atoms. The Kier molecular flexibility index (Phi) is 4.82. The maximum Gasteiger partial charge on any atom is 0.136 e. The topological polar surface area (TPSA) is 22.4 Å². The highest BCUT2D eigenvalue weighted by atomic mass is 16.5. The molecule has 0 amide bonds. The molecular formula is C43H28O2. The van der Waals surface area contributed by atoms with Gasteiger partial charge in [0.2, 0.25) is 0 Å². The van der Waals surface area contributed by atoms with Gasteiger partial charge in [-0.2, -0.15) is 0 Å². The second-order valence-electron chi connectivity index (χ2n) is 12.9. The van der Waals surface area contributed by atoms with Gasteiger partial charge in [0.05, 0.1) is 0 Å². The van der Waals surface area contributed by atoms with Gasteiger partial charge in [-0.25, -0.2) is 0 Å². The zero-order chi connectivity index (χ0) is 29.9. The van der Waals surface area contributed by atoms with Crippen molar-refractivity contribution in [2.45, 2.75) is 19.3 Å². The van der Waals surface area contributed by atoms with Gasteiger partial charge in [0.15, 0.2) is 0 Å². The van der Waals surface area contributed by atoms with Crippen LogP contribution in [0.3, 0.4) is 0 Å². The summed E-state index contributed by atoms with van der Waals surface area (Å²) in [7, 11) is 0. The maximum atomic E-state index is 6.60. The molecule has 212 valence electrons. The first-order chi connectivity index (χ1) is 22.1. The predicted octanol–water partition coefficient (Wildman–Crippen LogP) is 12.2. The molecular weight excluding hydrogens is 548 g/mol. The number of furan rings is 1. The summed E-state index contributed by atoms with van der Waals surface area (Å²) in [4.78, 5) is 0. The standard InChI is InChI=1S/C43H28O2/c1-43(2)35-14-5-3-9-29(35)30-19-17-26(24-36(30)43)27-20-22-40-42-31(27)12-7-13-32(42)34-23-25(18-21-38(34)45-40)28-11-8-16-39-41(28)33-10-4-6-15-37(33)44-39/h3-24H,1-2H3. The van der Waals surface area contributed by atoms with Crippen molar-refractivity contribution < 1.29 is 9.15 Å². The summed E-state index contributed by atoms with van der Waals surface area (Å²) in [5.74, 6) is 1.79. The summed E-state index contributed by atoms with van der Waals surface area (Å²) < 4.78 is 12.8. The summed E-state index contributed by atoms with van der Waals surface area (Å²) in [5.41, 5.74) is 14.3. The molecule has 0 fully saturated rings. The van der Waals surface area contributed by atoms with Gasteiger partial charge >= 0.3 is 0 Å². The normalized spacial score (nSPS) is 13.9. The van der Waals surface area contributed by atoms with Crippen LogP contribution in [0.25, 0.3) is 77.2 Å². The first kappa shape index (κ1) is 24.8. The lowest BCUT2D eigenvalue weighted by molar-refractivity contribution is 0.487. The molecule has 0 saturated carbocycles. The van der Waals surface area contributed by atoms with Gasteiger partial charge in [-0.1, -0.05) is 111 Å². The van der Waals surface area contributed by atoms with Crippen molar-refractivity contribution in [1.82, 2.24) is 0 Å². The van der Waals surface area contributed by atoms with Gasteiger partial charge < -0.3 is 9.15 Å². The minimum Gasteiger partial charge on any atom is -0.456 e. The molecule has 1 aliphatic carbocycles. The van der Waals surface area contributed by atoms with Crippen LogP contribution in [0, 0.1) is 0 Å². The fourth-order valence-corrected chi connectivity index (χ4v) is 7.94. The minimum atomic E-state index is -0.0457. The third-order valence-corrected chi connectivity index (χ3v) is 10.1. The average molecular weight is 577 g/mol. The summed E-state index contributed by atoms with van der Waals surface area (Å²) in [6, 6.07) is 48.0. The molecule has 0 N–H and O–H groups in total.